The molecule has 0 atom stereocenters. The minimum absolute atomic E-state index is 0.0679. The lowest BCUT2D eigenvalue weighted by Crippen LogP contribution is -2.15. The van der Waals surface area contributed by atoms with Crippen LogP contribution in [0.1, 0.15) is 5.69 Å². The van der Waals surface area contributed by atoms with Gasteiger partial charge in [0.1, 0.15) is 0 Å². The summed E-state index contributed by atoms with van der Waals surface area (Å²) in [5, 5.41) is 4.65. The van der Waals surface area contributed by atoms with Crippen LogP contribution in [-0.4, -0.2) is 19.3 Å². The highest BCUT2D eigenvalue weighted by molar-refractivity contribution is 7.93. The van der Waals surface area contributed by atoms with Gasteiger partial charge in [-0.05, 0) is 24.3 Å². The first kappa shape index (κ1) is 17.1. The van der Waals surface area contributed by atoms with Crippen molar-refractivity contribution in [3.63, 3.8) is 0 Å². The molecule has 1 heterocycles. The molecule has 25 heavy (non-hydrogen) atoms. The van der Waals surface area contributed by atoms with Crippen molar-refractivity contribution < 1.29 is 13.2 Å². The first-order valence-corrected chi connectivity index (χ1v) is 9.76. The Morgan fingerprint density at radius 1 is 1.00 bits per heavy atom. The molecule has 0 aliphatic heterocycles. The third kappa shape index (κ3) is 4.65. The van der Waals surface area contributed by atoms with Crippen LogP contribution in [0, 0.1) is 0 Å². The van der Waals surface area contributed by atoms with Gasteiger partial charge in [-0.3, -0.25) is 9.52 Å². The Balaban J connectivity index is 1.64. The number of para-hydroxylation sites is 1. The lowest BCUT2D eigenvalue weighted by atomic mass is 10.3. The van der Waals surface area contributed by atoms with Gasteiger partial charge in [0.05, 0.1) is 17.0 Å². The van der Waals surface area contributed by atoms with Gasteiger partial charge in [0.25, 0.3) is 10.0 Å². The minimum atomic E-state index is -3.68. The Morgan fingerprint density at radius 2 is 1.64 bits per heavy atom. The molecule has 6 nitrogen and oxygen atoms in total. The second kappa shape index (κ2) is 7.45. The number of carbonyl (C=O) groups is 1. The minimum Gasteiger partial charge on any atom is -0.326 e. The van der Waals surface area contributed by atoms with Crippen molar-refractivity contribution in [2.75, 3.05) is 10.0 Å². The zero-order valence-electron chi connectivity index (χ0n) is 13.0. The summed E-state index contributed by atoms with van der Waals surface area (Å²) in [5.74, 6) is -0.214. The molecular formula is C17H15N3O3S2. The average molecular weight is 373 g/mol. The lowest BCUT2D eigenvalue weighted by molar-refractivity contribution is -0.115. The van der Waals surface area contributed by atoms with E-state index in [-0.39, 0.29) is 22.4 Å². The van der Waals surface area contributed by atoms with E-state index in [1.165, 1.54) is 12.1 Å². The van der Waals surface area contributed by atoms with Crippen molar-refractivity contribution in [1.82, 2.24) is 4.98 Å². The van der Waals surface area contributed by atoms with Gasteiger partial charge < -0.3 is 5.32 Å². The summed E-state index contributed by atoms with van der Waals surface area (Å²) < 4.78 is 26.9. The van der Waals surface area contributed by atoms with Crippen LogP contribution in [0.5, 0.6) is 0 Å². The molecule has 3 rings (SSSR count). The number of benzene rings is 2. The normalized spacial score (nSPS) is 11.0. The molecule has 0 aliphatic rings. The highest BCUT2D eigenvalue weighted by Crippen LogP contribution is 2.20. The van der Waals surface area contributed by atoms with E-state index in [2.05, 4.69) is 15.0 Å². The zero-order valence-corrected chi connectivity index (χ0v) is 14.7. The molecular weight excluding hydrogens is 358 g/mol. The quantitative estimate of drug-likeness (QED) is 0.695. The molecule has 1 amide bonds. The maximum absolute atomic E-state index is 12.3. The molecule has 0 radical (unpaired) electrons. The fourth-order valence-corrected chi connectivity index (χ4v) is 4.08. The number of sulfonamides is 1. The molecule has 1 aromatic heterocycles. The van der Waals surface area contributed by atoms with Gasteiger partial charge in [0, 0.05) is 11.1 Å². The third-order valence-electron chi connectivity index (χ3n) is 3.23. The number of anilines is 2. The van der Waals surface area contributed by atoms with Gasteiger partial charge in [-0.2, -0.15) is 0 Å². The highest BCUT2D eigenvalue weighted by atomic mass is 32.2. The lowest BCUT2D eigenvalue weighted by Gasteiger charge is -2.04. The second-order valence-electron chi connectivity index (χ2n) is 5.15. The number of nitrogens with zero attached hydrogens (tertiary/aromatic N) is 1. The maximum Gasteiger partial charge on any atom is 0.263 e. The van der Waals surface area contributed by atoms with E-state index in [4.69, 9.17) is 0 Å². The molecule has 3 aromatic rings. The number of rotatable bonds is 6. The Morgan fingerprint density at radius 3 is 2.32 bits per heavy atom. The van der Waals surface area contributed by atoms with Crippen molar-refractivity contribution in [3.8, 4) is 0 Å². The molecule has 128 valence electrons. The largest absolute Gasteiger partial charge is 0.326 e. The fraction of sp³-hybridized carbons (Fsp3) is 0.0588. The molecule has 0 aliphatic carbocycles. The summed E-state index contributed by atoms with van der Waals surface area (Å²) in [6.45, 7) is 0. The second-order valence-corrected chi connectivity index (χ2v) is 7.69. The first-order chi connectivity index (χ1) is 12.0. The SMILES string of the molecule is O=C(Cc1csc(NS(=O)(=O)c2ccccc2)n1)Nc1ccccc1. The van der Waals surface area contributed by atoms with E-state index in [1.807, 2.05) is 18.2 Å². The van der Waals surface area contributed by atoms with Crippen molar-refractivity contribution >= 4 is 38.1 Å². The molecule has 0 bridgehead atoms. The number of amides is 1. The van der Waals surface area contributed by atoms with Crippen LogP contribution in [0.2, 0.25) is 0 Å². The van der Waals surface area contributed by atoms with E-state index in [9.17, 15) is 13.2 Å². The first-order valence-electron chi connectivity index (χ1n) is 7.40. The topological polar surface area (TPSA) is 88.2 Å². The summed E-state index contributed by atoms with van der Waals surface area (Å²) in [6.07, 6.45) is 0.0679. The smallest absolute Gasteiger partial charge is 0.263 e. The van der Waals surface area contributed by atoms with Crippen LogP contribution in [0.15, 0.2) is 70.9 Å². The Hall–Kier alpha value is -2.71. The Kier molecular flexibility index (Phi) is 5.11. The highest BCUT2D eigenvalue weighted by Gasteiger charge is 2.16. The maximum atomic E-state index is 12.3. The number of hydrogen-bond donors (Lipinski definition) is 2. The number of aromatic nitrogens is 1. The molecule has 8 heteroatoms. The van der Waals surface area contributed by atoms with Crippen molar-refractivity contribution in [2.24, 2.45) is 0 Å². The van der Waals surface area contributed by atoms with E-state index in [1.54, 1.807) is 35.7 Å². The molecule has 0 spiro atoms. The van der Waals surface area contributed by atoms with Crippen LogP contribution < -0.4 is 10.0 Å². The van der Waals surface area contributed by atoms with Crippen LogP contribution in [0.25, 0.3) is 0 Å². The summed E-state index contributed by atoms with van der Waals surface area (Å²) in [4.78, 5) is 16.3. The van der Waals surface area contributed by atoms with Crippen LogP contribution in [0.4, 0.5) is 10.8 Å². The van der Waals surface area contributed by atoms with Gasteiger partial charge in [-0.1, -0.05) is 36.4 Å². The molecule has 2 N–H and O–H groups in total. The van der Waals surface area contributed by atoms with E-state index in [0.29, 0.717) is 11.4 Å². The van der Waals surface area contributed by atoms with E-state index >= 15 is 0 Å². The molecule has 0 unspecified atom stereocenters. The predicted molar refractivity (Wildman–Crippen MR) is 98.1 cm³/mol. The zero-order chi connectivity index (χ0) is 17.7. The standard InChI is InChI=1S/C17H15N3O3S2/c21-16(18-13-7-3-1-4-8-13)11-14-12-24-17(19-14)20-25(22,23)15-9-5-2-6-10-15/h1-10,12H,11H2,(H,18,21)(H,19,20). The Bertz CT molecular complexity index is 955. The van der Waals surface area contributed by atoms with Crippen molar-refractivity contribution in [2.45, 2.75) is 11.3 Å². The van der Waals surface area contributed by atoms with E-state index < -0.39 is 10.0 Å². The average Bonchev–Trinajstić information content (AvgIpc) is 3.02. The number of thiazole rings is 1. The number of hydrogen-bond acceptors (Lipinski definition) is 5. The molecule has 0 fully saturated rings. The van der Waals surface area contributed by atoms with Gasteiger partial charge in [0.15, 0.2) is 5.13 Å². The van der Waals surface area contributed by atoms with Gasteiger partial charge in [0.2, 0.25) is 5.91 Å². The summed E-state index contributed by atoms with van der Waals surface area (Å²) in [7, 11) is -3.68. The molecule has 0 saturated heterocycles. The molecule has 0 saturated carbocycles. The van der Waals surface area contributed by atoms with Crippen LogP contribution >= 0.6 is 11.3 Å². The van der Waals surface area contributed by atoms with Crippen molar-refractivity contribution in [3.05, 3.63) is 71.7 Å². The van der Waals surface area contributed by atoms with Crippen LogP contribution in [-0.2, 0) is 21.2 Å². The predicted octanol–water partition coefficient (Wildman–Crippen LogP) is 3.13. The van der Waals surface area contributed by atoms with Crippen LogP contribution in [0.3, 0.4) is 0 Å². The van der Waals surface area contributed by atoms with E-state index in [0.717, 1.165) is 11.3 Å². The fourth-order valence-electron chi connectivity index (χ4n) is 2.10. The number of carbonyl (C=O) groups excluding carboxylic acids is 1. The Labute approximate surface area is 149 Å². The van der Waals surface area contributed by atoms with Gasteiger partial charge in [-0.15, -0.1) is 11.3 Å². The van der Waals surface area contributed by atoms with Gasteiger partial charge in [-0.25, -0.2) is 13.4 Å². The van der Waals surface area contributed by atoms with Crippen molar-refractivity contribution in [1.29, 1.82) is 0 Å². The monoisotopic (exact) mass is 373 g/mol. The third-order valence-corrected chi connectivity index (χ3v) is 5.52. The summed E-state index contributed by atoms with van der Waals surface area (Å²) in [5.41, 5.74) is 1.21. The molecule has 2 aromatic carbocycles. The summed E-state index contributed by atoms with van der Waals surface area (Å²) >= 11 is 1.14. The summed E-state index contributed by atoms with van der Waals surface area (Å²) in [6, 6.07) is 17.1. The number of nitrogens with one attached hydrogen (secondary N) is 2. The van der Waals surface area contributed by atoms with Gasteiger partial charge >= 0.3 is 0 Å².